The van der Waals surface area contributed by atoms with E-state index < -0.39 is 0 Å². The fourth-order valence-corrected chi connectivity index (χ4v) is 3.03. The van der Waals surface area contributed by atoms with E-state index in [2.05, 4.69) is 29.0 Å². The van der Waals surface area contributed by atoms with Crippen molar-refractivity contribution in [2.75, 3.05) is 29.9 Å². The summed E-state index contributed by atoms with van der Waals surface area (Å²) in [4.78, 5) is 4.40. The Bertz CT molecular complexity index is 698. The lowest BCUT2D eigenvalue weighted by molar-refractivity contribution is 0.821. The number of benzene rings is 2. The number of halogens is 1. The highest BCUT2D eigenvalue weighted by molar-refractivity contribution is 6.34. The maximum Gasteiger partial charge on any atom is 0.126 e. The molecule has 3 rings (SSSR count). The molecular weight excluding hydrogens is 284 g/mol. The topological polar surface area (TPSA) is 56.4 Å². The Morgan fingerprint density at radius 3 is 2.43 bits per heavy atom. The summed E-state index contributed by atoms with van der Waals surface area (Å²) in [6.45, 7) is 1.73. The average Bonchev–Trinajstić information content (AvgIpc) is 2.47. The molecule has 4 nitrogen and oxygen atoms in total. The second kappa shape index (κ2) is 5.30. The molecule has 2 aromatic carbocycles. The molecule has 1 aliphatic heterocycles. The Balaban J connectivity index is 2.17. The van der Waals surface area contributed by atoms with E-state index in [0.717, 1.165) is 24.5 Å². The van der Waals surface area contributed by atoms with Crippen LogP contribution in [0.25, 0.3) is 0 Å². The van der Waals surface area contributed by atoms with Crippen molar-refractivity contribution in [1.82, 2.24) is 0 Å². The molecule has 3 N–H and O–H groups in total. The van der Waals surface area contributed by atoms with E-state index in [1.165, 1.54) is 5.69 Å². The third kappa shape index (κ3) is 2.32. The van der Waals surface area contributed by atoms with E-state index in [1.54, 1.807) is 6.07 Å². The van der Waals surface area contributed by atoms with Crippen LogP contribution in [0, 0.1) is 5.41 Å². The Morgan fingerprint density at radius 2 is 1.71 bits per heavy atom. The summed E-state index contributed by atoms with van der Waals surface area (Å²) >= 11 is 6.24. The fourth-order valence-electron chi connectivity index (χ4n) is 2.76. The van der Waals surface area contributed by atoms with E-state index >= 15 is 0 Å². The standard InChI is InChI=1S/C16H17ClN4/c1-20-9-10-21(13-7-3-2-6-12(13)20)14-8-4-5-11(17)15(14)16(18)19/h2-8H,9-10H2,1H3,(H3,18,19). The number of likely N-dealkylation sites (N-methyl/N-ethyl adjacent to an activating group) is 1. The molecule has 21 heavy (non-hydrogen) atoms. The summed E-state index contributed by atoms with van der Waals surface area (Å²) in [5.41, 5.74) is 9.48. The second-order valence-electron chi connectivity index (χ2n) is 5.11. The molecule has 2 aromatic rings. The smallest absolute Gasteiger partial charge is 0.126 e. The van der Waals surface area contributed by atoms with Crippen LogP contribution in [-0.2, 0) is 0 Å². The first-order valence-electron chi connectivity index (χ1n) is 6.80. The van der Waals surface area contributed by atoms with Gasteiger partial charge < -0.3 is 15.5 Å². The van der Waals surface area contributed by atoms with Crippen LogP contribution in [-0.4, -0.2) is 26.0 Å². The van der Waals surface area contributed by atoms with Gasteiger partial charge >= 0.3 is 0 Å². The van der Waals surface area contributed by atoms with Gasteiger partial charge in [0.1, 0.15) is 5.84 Å². The van der Waals surface area contributed by atoms with E-state index in [-0.39, 0.29) is 5.84 Å². The van der Waals surface area contributed by atoms with Gasteiger partial charge in [-0.2, -0.15) is 0 Å². The van der Waals surface area contributed by atoms with Gasteiger partial charge in [-0.25, -0.2) is 0 Å². The largest absolute Gasteiger partial charge is 0.384 e. The lowest BCUT2D eigenvalue weighted by atomic mass is 10.1. The highest BCUT2D eigenvalue weighted by atomic mass is 35.5. The van der Waals surface area contributed by atoms with Crippen LogP contribution in [0.3, 0.4) is 0 Å². The Hall–Kier alpha value is -2.20. The molecule has 0 amide bonds. The summed E-state index contributed by atoms with van der Waals surface area (Å²) in [6.07, 6.45) is 0. The molecule has 0 atom stereocenters. The van der Waals surface area contributed by atoms with Gasteiger partial charge in [-0.1, -0.05) is 29.8 Å². The molecule has 0 saturated carbocycles. The zero-order valence-electron chi connectivity index (χ0n) is 11.8. The number of hydrogen-bond acceptors (Lipinski definition) is 3. The maximum atomic E-state index is 7.82. The van der Waals surface area contributed by atoms with Crippen LogP contribution in [0.2, 0.25) is 5.02 Å². The third-order valence-electron chi connectivity index (χ3n) is 3.79. The molecule has 0 aliphatic carbocycles. The van der Waals surface area contributed by atoms with Gasteiger partial charge in [0.05, 0.1) is 27.6 Å². The van der Waals surface area contributed by atoms with Crippen molar-refractivity contribution in [3.05, 3.63) is 53.1 Å². The number of nitrogens with two attached hydrogens (primary N) is 1. The zero-order valence-corrected chi connectivity index (χ0v) is 12.6. The summed E-state index contributed by atoms with van der Waals surface area (Å²) in [5, 5.41) is 8.33. The number of nitrogens with zero attached hydrogens (tertiary/aromatic N) is 2. The molecule has 108 valence electrons. The second-order valence-corrected chi connectivity index (χ2v) is 5.52. The number of rotatable bonds is 2. The fraction of sp³-hybridized carbons (Fsp3) is 0.188. The molecule has 0 saturated heterocycles. The zero-order chi connectivity index (χ0) is 15.0. The molecule has 0 unspecified atom stereocenters. The highest BCUT2D eigenvalue weighted by Gasteiger charge is 2.24. The van der Waals surface area contributed by atoms with Crippen molar-refractivity contribution in [1.29, 1.82) is 5.41 Å². The van der Waals surface area contributed by atoms with Gasteiger partial charge in [0.25, 0.3) is 0 Å². The minimum atomic E-state index is -0.00740. The summed E-state index contributed by atoms with van der Waals surface area (Å²) < 4.78 is 0. The lowest BCUT2D eigenvalue weighted by Gasteiger charge is -2.37. The third-order valence-corrected chi connectivity index (χ3v) is 4.11. The summed E-state index contributed by atoms with van der Waals surface area (Å²) in [6, 6.07) is 13.8. The summed E-state index contributed by atoms with van der Waals surface area (Å²) in [5.74, 6) is -0.00740. The van der Waals surface area contributed by atoms with Crippen molar-refractivity contribution in [3.8, 4) is 0 Å². The van der Waals surface area contributed by atoms with Crippen molar-refractivity contribution in [2.24, 2.45) is 5.73 Å². The van der Waals surface area contributed by atoms with Crippen LogP contribution in [0.4, 0.5) is 17.1 Å². The average molecular weight is 301 g/mol. The van der Waals surface area contributed by atoms with E-state index in [1.807, 2.05) is 24.3 Å². The number of amidine groups is 1. The number of nitrogen functional groups attached to an aromatic ring is 1. The molecule has 0 fully saturated rings. The van der Waals surface area contributed by atoms with E-state index in [9.17, 15) is 0 Å². The minimum Gasteiger partial charge on any atom is -0.384 e. The molecule has 0 aromatic heterocycles. The van der Waals surface area contributed by atoms with Crippen LogP contribution in [0.5, 0.6) is 0 Å². The normalized spacial score (nSPS) is 14.0. The number of hydrogen-bond donors (Lipinski definition) is 2. The van der Waals surface area contributed by atoms with Gasteiger partial charge in [-0.3, -0.25) is 5.41 Å². The van der Waals surface area contributed by atoms with E-state index in [4.69, 9.17) is 22.7 Å². The molecule has 0 spiro atoms. The molecule has 1 aliphatic rings. The Morgan fingerprint density at radius 1 is 1.05 bits per heavy atom. The van der Waals surface area contributed by atoms with Crippen LogP contribution in [0.15, 0.2) is 42.5 Å². The van der Waals surface area contributed by atoms with Crippen molar-refractivity contribution in [3.63, 3.8) is 0 Å². The maximum absolute atomic E-state index is 7.82. The van der Waals surface area contributed by atoms with Gasteiger partial charge in [-0.15, -0.1) is 0 Å². The van der Waals surface area contributed by atoms with Crippen LogP contribution >= 0.6 is 11.6 Å². The van der Waals surface area contributed by atoms with Crippen molar-refractivity contribution >= 4 is 34.5 Å². The van der Waals surface area contributed by atoms with Gasteiger partial charge in [0, 0.05) is 20.1 Å². The predicted octanol–water partition coefficient (Wildman–Crippen LogP) is 3.21. The highest BCUT2D eigenvalue weighted by Crippen LogP contribution is 2.39. The Labute approximate surface area is 129 Å². The number of anilines is 3. The molecular formula is C16H17ClN4. The lowest BCUT2D eigenvalue weighted by Crippen LogP contribution is -2.37. The quantitative estimate of drug-likeness (QED) is 0.661. The Kier molecular flexibility index (Phi) is 3.47. The molecule has 0 radical (unpaired) electrons. The monoisotopic (exact) mass is 300 g/mol. The summed E-state index contributed by atoms with van der Waals surface area (Å²) in [7, 11) is 2.08. The first-order valence-corrected chi connectivity index (χ1v) is 7.18. The molecule has 1 heterocycles. The minimum absolute atomic E-state index is 0.00740. The van der Waals surface area contributed by atoms with Gasteiger partial charge in [0.15, 0.2) is 0 Å². The van der Waals surface area contributed by atoms with Crippen LogP contribution in [0.1, 0.15) is 5.56 Å². The van der Waals surface area contributed by atoms with Gasteiger partial charge in [0.2, 0.25) is 0 Å². The van der Waals surface area contributed by atoms with E-state index in [0.29, 0.717) is 10.6 Å². The van der Waals surface area contributed by atoms with Crippen LogP contribution < -0.4 is 15.5 Å². The number of para-hydroxylation sites is 2. The first kappa shape index (κ1) is 13.8. The first-order chi connectivity index (χ1) is 10.1. The predicted molar refractivity (Wildman–Crippen MR) is 89.2 cm³/mol. The van der Waals surface area contributed by atoms with Crippen molar-refractivity contribution < 1.29 is 0 Å². The van der Waals surface area contributed by atoms with Gasteiger partial charge in [-0.05, 0) is 24.3 Å². The molecule has 0 bridgehead atoms. The SMILES string of the molecule is CN1CCN(c2cccc(Cl)c2C(=N)N)c2ccccc21. The van der Waals surface area contributed by atoms with Crippen molar-refractivity contribution in [2.45, 2.75) is 0 Å². The molecule has 5 heteroatoms. The number of fused-ring (bicyclic) bond motifs is 1. The number of nitrogens with one attached hydrogen (secondary N) is 1.